The molecule has 2 saturated heterocycles. The molecule has 9 nitrogen and oxygen atoms in total. The van der Waals surface area contributed by atoms with Gasteiger partial charge in [0, 0.05) is 77.3 Å². The minimum atomic E-state index is -1.74. The third-order valence-corrected chi connectivity index (χ3v) is 12.7. The lowest BCUT2D eigenvalue weighted by Gasteiger charge is -2.37. The summed E-state index contributed by atoms with van der Waals surface area (Å²) in [6.45, 7) is 11.0. The van der Waals surface area contributed by atoms with Crippen LogP contribution < -0.4 is 16.0 Å². The number of Topliss-reactive ketones (excluding diaryl/α,β-unsaturated/α-hetero) is 1. The van der Waals surface area contributed by atoms with E-state index in [0.29, 0.717) is 49.9 Å². The molecule has 0 spiro atoms. The fraction of sp³-hybridized carbons (Fsp3) is 0.340. The van der Waals surface area contributed by atoms with E-state index in [1.165, 1.54) is 24.3 Å². The first-order chi connectivity index (χ1) is 30.0. The van der Waals surface area contributed by atoms with Gasteiger partial charge in [-0.2, -0.15) is 5.26 Å². The summed E-state index contributed by atoms with van der Waals surface area (Å²) in [5.74, 6) is 2.51. The van der Waals surface area contributed by atoms with E-state index in [-0.39, 0.29) is 62.9 Å². The molecule has 3 amide bonds. The minimum absolute atomic E-state index is 0.00398. The topological polar surface area (TPSA) is 131 Å². The molecule has 13 heteroatoms. The van der Waals surface area contributed by atoms with Crippen LogP contribution in [-0.2, 0) is 32.8 Å². The molecule has 3 aliphatic rings. The smallest absolute Gasteiger partial charge is 0.251 e. The van der Waals surface area contributed by atoms with E-state index in [0.717, 1.165) is 28.5 Å². The Hall–Kier alpha value is -5.85. The van der Waals surface area contributed by atoms with Gasteiger partial charge in [0.05, 0.1) is 17.1 Å². The lowest BCUT2D eigenvalue weighted by Crippen LogP contribution is -2.50. The molecule has 4 aromatic rings. The normalized spacial score (nSPS) is 21.9. The number of nitrogens with zero attached hydrogens (tertiary/aromatic N) is 2. The minimum Gasteiger partial charge on any atom is -0.355 e. The van der Waals surface area contributed by atoms with Crippen molar-refractivity contribution in [3.05, 3.63) is 146 Å². The highest BCUT2D eigenvalue weighted by Gasteiger charge is 2.61. The number of nitrogens with one attached hydrogen (secondary N) is 3. The number of hydrogen-bond acceptors (Lipinski definition) is 7. The molecule has 0 aliphatic carbocycles. The third-order valence-electron chi connectivity index (χ3n) is 12.1. The highest BCUT2D eigenvalue weighted by atomic mass is 35.5. The summed E-state index contributed by atoms with van der Waals surface area (Å²) in [7, 11) is 0. The van der Waals surface area contributed by atoms with E-state index >= 15 is 8.78 Å². The van der Waals surface area contributed by atoms with Crippen molar-refractivity contribution in [3.8, 4) is 17.9 Å². The number of nitriles is 1. The highest BCUT2D eigenvalue weighted by molar-refractivity contribution is 6.31. The van der Waals surface area contributed by atoms with Crippen LogP contribution in [0.3, 0.4) is 0 Å². The number of benzene rings is 4. The number of carbonyl (C=O) groups is 4. The SMILES string of the molecule is C=C1c2cccc(C#CCCCNC(=O)c3ccc(CC(=O)[C@@H]4N[C@@H](CC(C)(C)C)[C@](C#N)(c5ccc(Cl)cc5F)[C@H]4c4cccc(Cl)c4F)cc3)c2CN1C1CCC(=O)NC1=O. The van der Waals surface area contributed by atoms with Crippen molar-refractivity contribution < 1.29 is 28.0 Å². The molecular weight excluding hydrogens is 843 g/mol. The number of hydrogen-bond donors (Lipinski definition) is 3. The number of piperidine rings is 1. The maximum atomic E-state index is 16.1. The van der Waals surface area contributed by atoms with Gasteiger partial charge in [-0.1, -0.05) is 105 Å². The van der Waals surface area contributed by atoms with Gasteiger partial charge in [0.2, 0.25) is 11.8 Å². The number of ketones is 1. The van der Waals surface area contributed by atoms with Gasteiger partial charge in [0.1, 0.15) is 23.1 Å². The van der Waals surface area contributed by atoms with Gasteiger partial charge in [-0.3, -0.25) is 24.5 Å². The Labute approximate surface area is 376 Å². The molecule has 0 saturated carbocycles. The molecule has 63 heavy (non-hydrogen) atoms. The van der Waals surface area contributed by atoms with Gasteiger partial charge in [-0.25, -0.2) is 8.78 Å². The van der Waals surface area contributed by atoms with Gasteiger partial charge in [0.25, 0.3) is 5.91 Å². The van der Waals surface area contributed by atoms with Crippen molar-refractivity contribution in [3.63, 3.8) is 0 Å². The molecule has 3 heterocycles. The van der Waals surface area contributed by atoms with Gasteiger partial charge < -0.3 is 15.5 Å². The fourth-order valence-corrected chi connectivity index (χ4v) is 9.52. The summed E-state index contributed by atoms with van der Waals surface area (Å²) in [6.07, 6.45) is 2.06. The molecule has 3 aliphatic heterocycles. The first-order valence-corrected chi connectivity index (χ1v) is 21.6. The van der Waals surface area contributed by atoms with Crippen LogP contribution in [0.1, 0.15) is 103 Å². The lowest BCUT2D eigenvalue weighted by atomic mass is 9.62. The van der Waals surface area contributed by atoms with E-state index in [4.69, 9.17) is 23.2 Å². The number of halogens is 4. The number of carbonyl (C=O) groups excluding carboxylic acids is 4. The first kappa shape index (κ1) is 45.2. The molecule has 0 bridgehead atoms. The number of rotatable bonds is 11. The Kier molecular flexibility index (Phi) is 13.2. The van der Waals surface area contributed by atoms with E-state index in [1.54, 1.807) is 30.3 Å². The van der Waals surface area contributed by atoms with Crippen LogP contribution in [0, 0.1) is 40.2 Å². The standard InChI is InChI=1S/C50H47Cl2F2N5O4/c1-29-34-12-8-11-31(36(34)27-59(29)40-21-22-43(61)58-48(40)63)10-6-5-7-23-56-47(62)32-17-15-30(16-18-32)24-41(60)46-44(35-13-9-14-38(52)45(35)54)50(28-55,42(57-46)26-49(2,3)4)37-20-19-33(51)25-39(37)53/h8-9,11-20,25,40,42,44,46,57H,1,5,7,21-24,26-27H2,2-4H3,(H,56,62)(H,58,61,63)/t40?,42-,44-,46-,50-/m0/s1. The maximum Gasteiger partial charge on any atom is 0.251 e. The Morgan fingerprint density at radius 2 is 1.78 bits per heavy atom. The second-order valence-corrected chi connectivity index (χ2v) is 18.4. The van der Waals surface area contributed by atoms with Crippen molar-refractivity contribution in [2.24, 2.45) is 5.41 Å². The van der Waals surface area contributed by atoms with E-state index < -0.39 is 41.1 Å². The van der Waals surface area contributed by atoms with Crippen molar-refractivity contribution in [2.75, 3.05) is 6.54 Å². The predicted molar refractivity (Wildman–Crippen MR) is 238 cm³/mol. The zero-order valence-electron chi connectivity index (χ0n) is 35.2. The zero-order chi connectivity index (χ0) is 45.2. The van der Waals surface area contributed by atoms with Gasteiger partial charge in [-0.15, -0.1) is 0 Å². The molecule has 7 rings (SSSR count). The second-order valence-electron chi connectivity index (χ2n) is 17.6. The molecular formula is C50H47Cl2F2N5O4. The molecule has 0 aromatic heterocycles. The van der Waals surface area contributed by atoms with Crippen LogP contribution >= 0.6 is 23.2 Å². The summed E-state index contributed by atoms with van der Waals surface area (Å²) < 4.78 is 32.0. The lowest BCUT2D eigenvalue weighted by molar-refractivity contribution is -0.136. The highest BCUT2D eigenvalue weighted by Crippen LogP contribution is 2.53. The van der Waals surface area contributed by atoms with Crippen LogP contribution in [0.4, 0.5) is 8.78 Å². The van der Waals surface area contributed by atoms with Crippen LogP contribution in [-0.4, -0.2) is 53.1 Å². The monoisotopic (exact) mass is 889 g/mol. The molecule has 324 valence electrons. The van der Waals surface area contributed by atoms with Crippen molar-refractivity contribution >= 4 is 52.4 Å². The number of amides is 3. The van der Waals surface area contributed by atoms with E-state index in [1.807, 2.05) is 43.9 Å². The van der Waals surface area contributed by atoms with Crippen LogP contribution in [0.25, 0.3) is 5.70 Å². The Morgan fingerprint density at radius 1 is 1.03 bits per heavy atom. The molecule has 3 N–H and O–H groups in total. The van der Waals surface area contributed by atoms with Crippen LogP contribution in [0.5, 0.6) is 0 Å². The number of imide groups is 1. The van der Waals surface area contributed by atoms with Gasteiger partial charge >= 0.3 is 0 Å². The third kappa shape index (κ3) is 9.29. The maximum absolute atomic E-state index is 16.1. The molecule has 1 unspecified atom stereocenters. The molecule has 0 radical (unpaired) electrons. The van der Waals surface area contributed by atoms with Crippen LogP contribution in [0.2, 0.25) is 10.0 Å². The quantitative estimate of drug-likeness (QED) is 0.0782. The van der Waals surface area contributed by atoms with Gasteiger partial charge in [-0.05, 0) is 77.8 Å². The Bertz CT molecular complexity index is 2610. The summed E-state index contributed by atoms with van der Waals surface area (Å²) in [5, 5.41) is 19.8. The zero-order valence-corrected chi connectivity index (χ0v) is 36.7. The van der Waals surface area contributed by atoms with E-state index in [9.17, 15) is 24.4 Å². The summed E-state index contributed by atoms with van der Waals surface area (Å²) in [5.41, 5.74) is 2.37. The van der Waals surface area contributed by atoms with Gasteiger partial charge in [0.15, 0.2) is 5.78 Å². The fourth-order valence-electron chi connectivity index (χ4n) is 9.18. The molecule has 5 atom stereocenters. The predicted octanol–water partition coefficient (Wildman–Crippen LogP) is 8.56. The van der Waals surface area contributed by atoms with E-state index in [2.05, 4.69) is 40.4 Å². The van der Waals surface area contributed by atoms with Crippen molar-refractivity contribution in [1.29, 1.82) is 5.26 Å². The van der Waals surface area contributed by atoms with Crippen molar-refractivity contribution in [1.82, 2.24) is 20.9 Å². The van der Waals surface area contributed by atoms with Crippen LogP contribution in [0.15, 0.2) is 85.4 Å². The summed E-state index contributed by atoms with van der Waals surface area (Å²) in [4.78, 5) is 53.7. The summed E-state index contributed by atoms with van der Waals surface area (Å²) >= 11 is 12.4. The number of unbranched alkanes of at least 4 members (excludes halogenated alkanes) is 1. The average Bonchev–Trinajstić information content (AvgIpc) is 3.74. The average molecular weight is 891 g/mol. The largest absolute Gasteiger partial charge is 0.355 e. The first-order valence-electron chi connectivity index (χ1n) is 20.9. The second kappa shape index (κ2) is 18.5. The molecule has 4 aromatic carbocycles. The Morgan fingerprint density at radius 3 is 2.48 bits per heavy atom. The Balaban J connectivity index is 1.01. The summed E-state index contributed by atoms with van der Waals surface area (Å²) in [6, 6.07) is 20.9. The molecule has 2 fully saturated rings. The number of fused-ring (bicyclic) bond motifs is 1. The van der Waals surface area contributed by atoms with Crippen molar-refractivity contribution in [2.45, 2.75) is 95.3 Å².